The molecule has 1 unspecified atom stereocenters. The van der Waals surface area contributed by atoms with E-state index in [9.17, 15) is 5.48 Å². The number of para-hydroxylation sites is 2. The fourth-order valence-electron chi connectivity index (χ4n) is 12.2. The van der Waals surface area contributed by atoms with Gasteiger partial charge in [0.2, 0.25) is 0 Å². The van der Waals surface area contributed by atoms with Crippen molar-refractivity contribution < 1.29 is 5.48 Å². The number of anilines is 6. The molecule has 0 radical (unpaired) electrons. The SMILES string of the molecule is [2H]c1c([2H])c(N(c2ccccc2)c2ccc3c(c2)C2(c4ccccc4-c4ccc(N(c5ccccc5)c5ccc6c(c5)C(C)(C)c5ccccc5-6)cc42)c2ccccc2-3)c([2H])c([2H])c1-c1cccc2ccccc12. The maximum absolute atomic E-state index is 9.84. The van der Waals surface area contributed by atoms with E-state index in [4.69, 9.17) is 0 Å². The van der Waals surface area contributed by atoms with E-state index in [0.29, 0.717) is 5.56 Å². The zero-order valence-electron chi connectivity index (χ0n) is 42.8. The summed E-state index contributed by atoms with van der Waals surface area (Å²) in [5.41, 5.74) is 19.3. The number of nitrogens with zero attached hydrogens (tertiary/aromatic N) is 2. The molecule has 3 aliphatic rings. The molecule has 0 saturated carbocycles. The number of rotatable bonds is 7. The van der Waals surface area contributed by atoms with Gasteiger partial charge in [0.25, 0.3) is 0 Å². The van der Waals surface area contributed by atoms with Gasteiger partial charge in [0.15, 0.2) is 0 Å². The highest BCUT2D eigenvalue weighted by Gasteiger charge is 2.52. The molecule has 1 atom stereocenters. The van der Waals surface area contributed by atoms with Crippen molar-refractivity contribution in [3.63, 3.8) is 0 Å². The molecule has 11 aromatic carbocycles. The first-order chi connectivity index (χ1) is 36.2. The molecule has 0 heterocycles. The Hall–Kier alpha value is -8.72. The summed E-state index contributed by atoms with van der Waals surface area (Å²) in [5.74, 6) is 0. The zero-order chi connectivity index (χ0) is 50.0. The molecule has 0 amide bonds. The Labute approximate surface area is 415 Å². The van der Waals surface area contributed by atoms with E-state index in [2.05, 4.69) is 176 Å². The molecule has 14 rings (SSSR count). The fourth-order valence-corrected chi connectivity index (χ4v) is 12.2. The predicted molar refractivity (Wildman–Crippen MR) is 293 cm³/mol. The minimum absolute atomic E-state index is 0.0889. The van der Waals surface area contributed by atoms with Crippen LogP contribution in [0.3, 0.4) is 0 Å². The molecule has 0 saturated heterocycles. The van der Waals surface area contributed by atoms with Crippen LogP contribution in [0, 0.1) is 0 Å². The highest BCUT2D eigenvalue weighted by molar-refractivity contribution is 5.99. The van der Waals surface area contributed by atoms with Crippen LogP contribution in [0.1, 0.15) is 52.7 Å². The number of hydrogen-bond donors (Lipinski definition) is 0. The van der Waals surface area contributed by atoms with Crippen molar-refractivity contribution in [2.24, 2.45) is 0 Å². The minimum Gasteiger partial charge on any atom is -0.310 e. The largest absolute Gasteiger partial charge is 0.310 e. The van der Waals surface area contributed by atoms with Crippen LogP contribution in [0.25, 0.3) is 55.3 Å². The van der Waals surface area contributed by atoms with Gasteiger partial charge in [0, 0.05) is 39.5 Å². The summed E-state index contributed by atoms with van der Waals surface area (Å²) in [7, 11) is 0. The van der Waals surface area contributed by atoms with Crippen LogP contribution in [0.15, 0.2) is 255 Å². The molecule has 0 aromatic heterocycles. The van der Waals surface area contributed by atoms with Crippen LogP contribution in [-0.4, -0.2) is 0 Å². The molecule has 0 N–H and O–H groups in total. The van der Waals surface area contributed by atoms with Crippen LogP contribution in [-0.2, 0) is 10.8 Å². The van der Waals surface area contributed by atoms with Gasteiger partial charge in [-0.05, 0) is 161 Å². The van der Waals surface area contributed by atoms with Crippen LogP contribution in [0.4, 0.5) is 34.1 Å². The van der Waals surface area contributed by atoms with Crippen LogP contribution >= 0.6 is 0 Å². The van der Waals surface area contributed by atoms with Gasteiger partial charge in [-0.25, -0.2) is 0 Å². The Morgan fingerprint density at radius 2 is 0.700 bits per heavy atom. The molecule has 0 aliphatic heterocycles. The number of fused-ring (bicyclic) bond motifs is 14. The molecular formula is C68H48N2. The first kappa shape index (κ1) is 36.3. The quantitative estimate of drug-likeness (QED) is 0.157. The summed E-state index contributed by atoms with van der Waals surface area (Å²) >= 11 is 0. The van der Waals surface area contributed by atoms with Gasteiger partial charge in [-0.15, -0.1) is 0 Å². The Morgan fingerprint density at radius 3 is 1.27 bits per heavy atom. The molecule has 1 spiro atoms. The lowest BCUT2D eigenvalue weighted by molar-refractivity contribution is 0.660. The lowest BCUT2D eigenvalue weighted by atomic mass is 9.70. The second kappa shape index (κ2) is 15.4. The number of hydrogen-bond acceptors (Lipinski definition) is 2. The summed E-state index contributed by atoms with van der Waals surface area (Å²) < 4.78 is 39.0. The van der Waals surface area contributed by atoms with Crippen LogP contribution in [0.2, 0.25) is 0 Å². The summed E-state index contributed by atoms with van der Waals surface area (Å²) in [6, 6.07) is 80.7. The van der Waals surface area contributed by atoms with Crippen molar-refractivity contribution in [1.29, 1.82) is 0 Å². The van der Waals surface area contributed by atoms with Crippen LogP contribution in [0.5, 0.6) is 0 Å². The highest BCUT2D eigenvalue weighted by Crippen LogP contribution is 2.64. The second-order valence-electron chi connectivity index (χ2n) is 19.3. The van der Waals surface area contributed by atoms with E-state index in [-0.39, 0.29) is 40.8 Å². The molecule has 2 nitrogen and oxygen atoms in total. The topological polar surface area (TPSA) is 6.48 Å². The van der Waals surface area contributed by atoms with E-state index >= 15 is 0 Å². The predicted octanol–water partition coefficient (Wildman–Crippen LogP) is 18.1. The average Bonchev–Trinajstić information content (AvgIpc) is 4.15. The van der Waals surface area contributed by atoms with Crippen molar-refractivity contribution in [2.75, 3.05) is 9.80 Å². The summed E-state index contributed by atoms with van der Waals surface area (Å²) in [5, 5.41) is 1.85. The molecule has 0 fully saturated rings. The average molecular weight is 897 g/mol. The Kier molecular flexibility index (Phi) is 7.99. The first-order valence-corrected chi connectivity index (χ1v) is 24.2. The van der Waals surface area contributed by atoms with Crippen molar-refractivity contribution >= 4 is 44.9 Å². The van der Waals surface area contributed by atoms with Gasteiger partial charge in [0.1, 0.15) is 0 Å². The maximum Gasteiger partial charge on any atom is 0.0727 e. The summed E-state index contributed by atoms with van der Waals surface area (Å²) in [6.45, 7) is 4.67. The van der Waals surface area contributed by atoms with Crippen molar-refractivity contribution in [3.05, 3.63) is 288 Å². The Morgan fingerprint density at radius 1 is 0.300 bits per heavy atom. The van der Waals surface area contributed by atoms with E-state index in [1.165, 1.54) is 50.1 Å². The van der Waals surface area contributed by atoms with Gasteiger partial charge in [-0.2, -0.15) is 0 Å². The normalized spacial score (nSPS) is 16.0. The standard InChI is InChI=1S/C68H48N2/c1-67(2)61-29-14-11-25-55(61)58-39-36-50(42-64(58)67)70(48-22-7-4-8-23-48)52-38-41-60-57-27-13-16-31-63(57)68(66(60)44-52)62-30-15-12-26-56(62)59-40-37-51(43-65(59)68)69(47-20-5-3-6-21-47)49-34-32-46(33-35-49)54-28-17-19-45-18-9-10-24-53(45)54/h3-44H,1-2H3/i32D,33D,34D,35D. The third-order valence-electron chi connectivity index (χ3n) is 15.3. The Balaban J connectivity index is 0.992. The molecule has 11 aromatic rings. The van der Waals surface area contributed by atoms with Crippen LogP contribution < -0.4 is 9.80 Å². The van der Waals surface area contributed by atoms with Gasteiger partial charge in [0.05, 0.1) is 10.9 Å². The van der Waals surface area contributed by atoms with Crippen molar-refractivity contribution in [3.8, 4) is 44.5 Å². The molecule has 330 valence electrons. The van der Waals surface area contributed by atoms with Gasteiger partial charge >= 0.3 is 0 Å². The minimum atomic E-state index is -0.761. The van der Waals surface area contributed by atoms with Crippen molar-refractivity contribution in [2.45, 2.75) is 24.7 Å². The molecule has 2 heteroatoms. The van der Waals surface area contributed by atoms with Gasteiger partial charge in [-0.1, -0.05) is 196 Å². The van der Waals surface area contributed by atoms with E-state index in [1.54, 1.807) is 0 Å². The smallest absolute Gasteiger partial charge is 0.0727 e. The molecule has 0 bridgehead atoms. The van der Waals surface area contributed by atoms with Crippen molar-refractivity contribution in [1.82, 2.24) is 0 Å². The first-order valence-electron chi connectivity index (χ1n) is 26.2. The molecule has 70 heavy (non-hydrogen) atoms. The monoisotopic (exact) mass is 896 g/mol. The zero-order valence-corrected chi connectivity index (χ0v) is 38.8. The molecule has 3 aliphatic carbocycles. The van der Waals surface area contributed by atoms with E-state index in [0.717, 1.165) is 55.9 Å². The van der Waals surface area contributed by atoms with Gasteiger partial charge < -0.3 is 9.80 Å². The summed E-state index contributed by atoms with van der Waals surface area (Å²) in [4.78, 5) is 4.32. The lowest BCUT2D eigenvalue weighted by Gasteiger charge is -2.33. The fraction of sp³-hybridized carbons (Fsp3) is 0.0588. The number of benzene rings is 11. The van der Waals surface area contributed by atoms with E-state index in [1.807, 2.05) is 77.7 Å². The third-order valence-corrected chi connectivity index (χ3v) is 15.3. The lowest BCUT2D eigenvalue weighted by Crippen LogP contribution is -2.26. The molecular weight excluding hydrogens is 845 g/mol. The Bertz CT molecular complexity index is 4080. The van der Waals surface area contributed by atoms with Gasteiger partial charge in [-0.3, -0.25) is 0 Å². The third kappa shape index (κ3) is 5.80. The summed E-state index contributed by atoms with van der Waals surface area (Å²) in [6.07, 6.45) is 0. The van der Waals surface area contributed by atoms with E-state index < -0.39 is 5.41 Å². The highest BCUT2D eigenvalue weighted by atomic mass is 15.1. The second-order valence-corrected chi connectivity index (χ2v) is 19.3. The maximum atomic E-state index is 9.84.